The van der Waals surface area contributed by atoms with Gasteiger partial charge in [-0.3, -0.25) is 4.79 Å². The Bertz CT molecular complexity index is 739. The summed E-state index contributed by atoms with van der Waals surface area (Å²) in [5, 5.41) is 12.0. The highest BCUT2D eigenvalue weighted by atomic mass is 32.1. The van der Waals surface area contributed by atoms with Gasteiger partial charge in [0.05, 0.1) is 11.7 Å². The largest absolute Gasteiger partial charge is 0.480 e. The number of methoxy groups -OCH3 is 1. The van der Waals surface area contributed by atoms with Gasteiger partial charge in [-0.1, -0.05) is 12.1 Å². The average Bonchev–Trinajstić information content (AvgIpc) is 3.10. The minimum absolute atomic E-state index is 0.225. The predicted molar refractivity (Wildman–Crippen MR) is 84.4 cm³/mol. The van der Waals surface area contributed by atoms with Gasteiger partial charge in [-0.25, -0.2) is 4.79 Å². The second kappa shape index (κ2) is 5.70. The number of thiophene rings is 1. The molecule has 6 heteroatoms. The van der Waals surface area contributed by atoms with Gasteiger partial charge in [-0.2, -0.15) is 0 Å². The number of aliphatic carboxylic acids is 1. The molecule has 0 saturated carbocycles. The Balaban J connectivity index is 1.96. The molecule has 5 nitrogen and oxygen atoms in total. The highest BCUT2D eigenvalue weighted by Gasteiger charge is 2.40. The van der Waals surface area contributed by atoms with E-state index in [0.29, 0.717) is 18.5 Å². The number of likely N-dealkylation sites (tertiary alicyclic amines) is 1. The van der Waals surface area contributed by atoms with Gasteiger partial charge in [0.15, 0.2) is 0 Å². The third kappa shape index (κ3) is 2.48. The van der Waals surface area contributed by atoms with Gasteiger partial charge in [0.25, 0.3) is 5.91 Å². The van der Waals surface area contributed by atoms with E-state index in [1.807, 2.05) is 30.5 Å². The lowest BCUT2D eigenvalue weighted by Crippen LogP contribution is -2.40. The number of carboxylic acid groups (broad SMARTS) is 1. The number of amides is 1. The molecule has 116 valence electrons. The summed E-state index contributed by atoms with van der Waals surface area (Å²) in [6, 6.07) is 5.10. The first-order valence-corrected chi connectivity index (χ1v) is 7.93. The first-order chi connectivity index (χ1) is 10.5. The van der Waals surface area contributed by atoms with Crippen molar-refractivity contribution in [3.05, 3.63) is 34.7 Å². The Kier molecular flexibility index (Phi) is 3.88. The fourth-order valence-corrected chi connectivity index (χ4v) is 3.91. The Morgan fingerprint density at radius 1 is 1.41 bits per heavy atom. The quantitative estimate of drug-likeness (QED) is 0.944. The van der Waals surface area contributed by atoms with E-state index >= 15 is 0 Å². The molecular weight excluding hydrogens is 302 g/mol. The number of carbonyl (C=O) groups is 2. The van der Waals surface area contributed by atoms with E-state index in [4.69, 9.17) is 4.74 Å². The molecule has 22 heavy (non-hydrogen) atoms. The smallest absolute Gasteiger partial charge is 0.326 e. The molecule has 1 aliphatic rings. The van der Waals surface area contributed by atoms with Crippen LogP contribution in [0.3, 0.4) is 0 Å². The van der Waals surface area contributed by atoms with Crippen LogP contribution < -0.4 is 0 Å². The van der Waals surface area contributed by atoms with Crippen molar-refractivity contribution in [1.82, 2.24) is 4.90 Å². The zero-order valence-corrected chi connectivity index (χ0v) is 13.2. The van der Waals surface area contributed by atoms with Gasteiger partial charge < -0.3 is 14.7 Å². The van der Waals surface area contributed by atoms with Crippen LogP contribution in [0, 0.1) is 6.92 Å². The van der Waals surface area contributed by atoms with E-state index in [1.165, 1.54) is 16.2 Å². The maximum Gasteiger partial charge on any atom is 0.326 e. The Hall–Kier alpha value is -1.92. The minimum atomic E-state index is -0.983. The van der Waals surface area contributed by atoms with Gasteiger partial charge >= 0.3 is 5.97 Å². The van der Waals surface area contributed by atoms with E-state index in [9.17, 15) is 14.7 Å². The third-order valence-electron chi connectivity index (χ3n) is 4.10. The van der Waals surface area contributed by atoms with Crippen LogP contribution in [0.4, 0.5) is 0 Å². The molecule has 1 aromatic carbocycles. The summed E-state index contributed by atoms with van der Waals surface area (Å²) in [5.41, 5.74) is 1.71. The molecule has 1 amide bonds. The van der Waals surface area contributed by atoms with Gasteiger partial charge in [-0.05, 0) is 18.6 Å². The molecular formula is C16H17NO4S. The van der Waals surface area contributed by atoms with Gasteiger partial charge in [0.2, 0.25) is 0 Å². The zero-order valence-electron chi connectivity index (χ0n) is 12.4. The van der Waals surface area contributed by atoms with E-state index < -0.39 is 12.0 Å². The fourth-order valence-electron chi connectivity index (χ4n) is 2.88. The number of benzene rings is 1. The van der Waals surface area contributed by atoms with Crippen LogP contribution in [0.1, 0.15) is 22.3 Å². The molecule has 0 bridgehead atoms. The maximum atomic E-state index is 12.8. The van der Waals surface area contributed by atoms with Crippen molar-refractivity contribution in [2.45, 2.75) is 25.5 Å². The van der Waals surface area contributed by atoms with E-state index in [0.717, 1.165) is 15.6 Å². The van der Waals surface area contributed by atoms with Crippen molar-refractivity contribution in [1.29, 1.82) is 0 Å². The fraction of sp³-hybridized carbons (Fsp3) is 0.375. The number of aryl methyl sites for hydroxylation is 1. The number of nitrogens with zero attached hydrogens (tertiary/aromatic N) is 1. The highest BCUT2D eigenvalue weighted by molar-refractivity contribution is 7.17. The van der Waals surface area contributed by atoms with Crippen molar-refractivity contribution in [2.75, 3.05) is 13.7 Å². The second-order valence-electron chi connectivity index (χ2n) is 5.55. The topological polar surface area (TPSA) is 66.8 Å². The van der Waals surface area contributed by atoms with Gasteiger partial charge in [-0.15, -0.1) is 11.3 Å². The number of carbonyl (C=O) groups excluding carboxylic acids is 1. The van der Waals surface area contributed by atoms with Crippen molar-refractivity contribution in [3.8, 4) is 0 Å². The molecule has 1 saturated heterocycles. The van der Waals surface area contributed by atoms with Crippen LogP contribution >= 0.6 is 11.3 Å². The Labute approximate surface area is 132 Å². The molecule has 2 unspecified atom stereocenters. The molecule has 0 aliphatic carbocycles. The van der Waals surface area contributed by atoms with E-state index in [2.05, 4.69) is 0 Å². The molecule has 3 rings (SSSR count). The maximum absolute atomic E-state index is 12.8. The van der Waals surface area contributed by atoms with E-state index in [-0.39, 0.29) is 12.0 Å². The molecule has 2 aromatic rings. The van der Waals surface area contributed by atoms with Crippen LogP contribution in [0.2, 0.25) is 0 Å². The molecule has 2 atom stereocenters. The summed E-state index contributed by atoms with van der Waals surface area (Å²) in [6.45, 7) is 2.32. The predicted octanol–water partition coefficient (Wildman–Crippen LogP) is 2.52. The molecule has 0 spiro atoms. The summed E-state index contributed by atoms with van der Waals surface area (Å²) in [6.07, 6.45) is 0.107. The lowest BCUT2D eigenvalue weighted by atomic mass is 10.1. The van der Waals surface area contributed by atoms with Crippen LogP contribution in [0.25, 0.3) is 10.1 Å². The Morgan fingerprint density at radius 3 is 2.86 bits per heavy atom. The van der Waals surface area contributed by atoms with Gasteiger partial charge in [0, 0.05) is 35.5 Å². The second-order valence-corrected chi connectivity index (χ2v) is 6.47. The van der Waals surface area contributed by atoms with Crippen LogP contribution in [0.5, 0.6) is 0 Å². The van der Waals surface area contributed by atoms with Crippen molar-refractivity contribution < 1.29 is 19.4 Å². The average molecular weight is 319 g/mol. The number of ether oxygens (including phenoxy) is 1. The summed E-state index contributed by atoms with van der Waals surface area (Å²) in [7, 11) is 1.54. The highest BCUT2D eigenvalue weighted by Crippen LogP contribution is 2.30. The summed E-state index contributed by atoms with van der Waals surface area (Å²) < 4.78 is 6.28. The molecule has 1 N–H and O–H groups in total. The SMILES string of the molecule is COC1CC(C(=O)O)N(C(=O)c2csc3cc(C)ccc23)C1. The number of fused-ring (bicyclic) bond motifs is 1. The Morgan fingerprint density at radius 2 is 2.18 bits per heavy atom. The lowest BCUT2D eigenvalue weighted by molar-refractivity contribution is -0.141. The van der Waals surface area contributed by atoms with Crippen LogP contribution in [0.15, 0.2) is 23.6 Å². The summed E-state index contributed by atoms with van der Waals surface area (Å²) in [5.74, 6) is -1.22. The van der Waals surface area contributed by atoms with E-state index in [1.54, 1.807) is 7.11 Å². The number of carboxylic acids is 1. The molecule has 1 aliphatic heterocycles. The molecule has 2 heterocycles. The number of hydrogen-bond acceptors (Lipinski definition) is 4. The van der Waals surface area contributed by atoms with Crippen LogP contribution in [-0.2, 0) is 9.53 Å². The molecule has 1 aromatic heterocycles. The van der Waals surface area contributed by atoms with Crippen LogP contribution in [-0.4, -0.2) is 47.7 Å². The molecule has 0 radical (unpaired) electrons. The van der Waals surface area contributed by atoms with Gasteiger partial charge in [0.1, 0.15) is 6.04 Å². The standard InChI is InChI=1S/C16H17NO4S/c1-9-3-4-11-12(8-22-14(11)5-9)15(18)17-7-10(21-2)6-13(17)16(19)20/h3-5,8,10,13H,6-7H2,1-2H3,(H,19,20). The lowest BCUT2D eigenvalue weighted by Gasteiger charge is -2.21. The zero-order chi connectivity index (χ0) is 15.9. The normalized spacial score (nSPS) is 21.5. The molecule has 1 fully saturated rings. The third-order valence-corrected chi connectivity index (χ3v) is 5.05. The van der Waals surface area contributed by atoms with Crippen molar-refractivity contribution in [2.24, 2.45) is 0 Å². The van der Waals surface area contributed by atoms with Crippen molar-refractivity contribution >= 4 is 33.3 Å². The summed E-state index contributed by atoms with van der Waals surface area (Å²) in [4.78, 5) is 25.6. The minimum Gasteiger partial charge on any atom is -0.480 e. The first kappa shape index (κ1) is 15.0. The monoisotopic (exact) mass is 319 g/mol. The number of rotatable bonds is 3. The summed E-state index contributed by atoms with van der Waals surface area (Å²) >= 11 is 1.51. The van der Waals surface area contributed by atoms with Crippen molar-refractivity contribution in [3.63, 3.8) is 0 Å². The number of hydrogen-bond donors (Lipinski definition) is 1. The first-order valence-electron chi connectivity index (χ1n) is 7.05.